The van der Waals surface area contributed by atoms with Gasteiger partial charge in [-0.15, -0.1) is 11.3 Å². The van der Waals surface area contributed by atoms with Crippen LogP contribution >= 0.6 is 11.3 Å². The Kier molecular flexibility index (Phi) is 5.26. The zero-order chi connectivity index (χ0) is 14.5. The van der Waals surface area contributed by atoms with Gasteiger partial charge < -0.3 is 5.32 Å². The van der Waals surface area contributed by atoms with E-state index in [1.807, 2.05) is 12.1 Å². The van der Waals surface area contributed by atoms with E-state index in [0.29, 0.717) is 11.6 Å². The molecule has 4 heteroatoms. The highest BCUT2D eigenvalue weighted by atomic mass is 32.1. The molecule has 1 atom stereocenters. The highest BCUT2D eigenvalue weighted by Crippen LogP contribution is 2.34. The van der Waals surface area contributed by atoms with Crippen molar-refractivity contribution < 1.29 is 8.78 Å². The van der Waals surface area contributed by atoms with Gasteiger partial charge >= 0.3 is 0 Å². The highest BCUT2D eigenvalue weighted by Gasteiger charge is 2.14. The van der Waals surface area contributed by atoms with Crippen molar-refractivity contribution >= 4 is 11.3 Å². The summed E-state index contributed by atoms with van der Waals surface area (Å²) in [4.78, 5) is 2.04. The molecule has 20 heavy (non-hydrogen) atoms. The molecule has 2 aromatic rings. The summed E-state index contributed by atoms with van der Waals surface area (Å²) < 4.78 is 26.7. The van der Waals surface area contributed by atoms with Gasteiger partial charge in [-0.1, -0.05) is 13.8 Å². The van der Waals surface area contributed by atoms with Crippen molar-refractivity contribution in [2.24, 2.45) is 0 Å². The maximum absolute atomic E-state index is 13.8. The number of halogens is 2. The van der Waals surface area contributed by atoms with Gasteiger partial charge in [-0.25, -0.2) is 8.78 Å². The maximum Gasteiger partial charge on any atom is 0.134 e. The lowest BCUT2D eigenvalue weighted by atomic mass is 10.1. The van der Waals surface area contributed by atoms with Gasteiger partial charge in [-0.2, -0.15) is 0 Å². The van der Waals surface area contributed by atoms with E-state index in [1.165, 1.54) is 17.0 Å². The minimum Gasteiger partial charge on any atom is -0.309 e. The first-order valence-electron chi connectivity index (χ1n) is 6.94. The second-order valence-electron chi connectivity index (χ2n) is 4.74. The molecule has 0 fully saturated rings. The third kappa shape index (κ3) is 3.44. The average Bonchev–Trinajstić information content (AvgIpc) is 2.89. The molecule has 0 bridgehead atoms. The maximum atomic E-state index is 13.8. The summed E-state index contributed by atoms with van der Waals surface area (Å²) in [5.41, 5.74) is 0.466. The lowest BCUT2D eigenvalue weighted by Crippen LogP contribution is -2.20. The number of hydrogen-bond donors (Lipinski definition) is 1. The lowest BCUT2D eigenvalue weighted by Gasteiger charge is -2.14. The molecule has 1 aromatic carbocycles. The van der Waals surface area contributed by atoms with E-state index in [0.717, 1.165) is 30.3 Å². The molecule has 1 nitrogen and oxygen atoms in total. The van der Waals surface area contributed by atoms with Crippen LogP contribution in [-0.2, 0) is 0 Å². The number of hydrogen-bond acceptors (Lipinski definition) is 2. The number of thiophene rings is 1. The number of nitrogens with one attached hydrogen (secondary N) is 1. The van der Waals surface area contributed by atoms with Crippen LogP contribution in [0, 0.1) is 11.6 Å². The van der Waals surface area contributed by atoms with Gasteiger partial charge in [0.15, 0.2) is 0 Å². The SMILES string of the molecule is CCCNC(CC)c1ccc(-c2ccc(F)cc2F)s1. The fourth-order valence-electron chi connectivity index (χ4n) is 2.14. The minimum absolute atomic E-state index is 0.303. The first-order chi connectivity index (χ1) is 9.65. The molecular weight excluding hydrogens is 276 g/mol. The molecule has 1 unspecified atom stereocenters. The molecule has 108 valence electrons. The van der Waals surface area contributed by atoms with Gasteiger partial charge in [-0.3, -0.25) is 0 Å². The molecule has 0 aliphatic carbocycles. The molecule has 2 rings (SSSR count). The van der Waals surface area contributed by atoms with Gasteiger partial charge in [0.1, 0.15) is 11.6 Å². The van der Waals surface area contributed by atoms with Crippen molar-refractivity contribution in [2.75, 3.05) is 6.54 Å². The molecule has 0 saturated heterocycles. The standard InChI is InChI=1S/C16H19F2NS/c1-3-9-19-14(4-2)16-8-7-15(20-16)12-6-5-11(17)10-13(12)18/h5-8,10,14,19H,3-4,9H2,1-2H3. The van der Waals surface area contributed by atoms with E-state index < -0.39 is 11.6 Å². The van der Waals surface area contributed by atoms with Crippen LogP contribution in [0.4, 0.5) is 8.78 Å². The van der Waals surface area contributed by atoms with E-state index in [9.17, 15) is 8.78 Å². The van der Waals surface area contributed by atoms with Crippen LogP contribution in [0.3, 0.4) is 0 Å². The Bertz CT molecular complexity index is 565. The van der Waals surface area contributed by atoms with Crippen molar-refractivity contribution in [3.05, 3.63) is 46.8 Å². The summed E-state index contributed by atoms with van der Waals surface area (Å²) in [6, 6.07) is 7.97. The molecule has 0 radical (unpaired) electrons. The van der Waals surface area contributed by atoms with Gasteiger partial charge in [0.2, 0.25) is 0 Å². The molecule has 0 aliphatic heterocycles. The normalized spacial score (nSPS) is 12.6. The van der Waals surface area contributed by atoms with Crippen molar-refractivity contribution in [1.82, 2.24) is 5.32 Å². The molecule has 0 spiro atoms. The third-order valence-electron chi connectivity index (χ3n) is 3.22. The van der Waals surface area contributed by atoms with Gasteiger partial charge in [0.25, 0.3) is 0 Å². The fourth-order valence-corrected chi connectivity index (χ4v) is 3.33. The summed E-state index contributed by atoms with van der Waals surface area (Å²) in [5, 5.41) is 3.48. The molecular formula is C16H19F2NS. The zero-order valence-corrected chi connectivity index (χ0v) is 12.6. The monoisotopic (exact) mass is 295 g/mol. The molecule has 0 amide bonds. The lowest BCUT2D eigenvalue weighted by molar-refractivity contribution is 0.525. The largest absolute Gasteiger partial charge is 0.309 e. The van der Waals surface area contributed by atoms with Crippen LogP contribution in [0.25, 0.3) is 10.4 Å². The Labute approximate surface area is 122 Å². The summed E-state index contributed by atoms with van der Waals surface area (Å²) in [7, 11) is 0. The predicted molar refractivity (Wildman–Crippen MR) is 81.0 cm³/mol. The smallest absolute Gasteiger partial charge is 0.134 e. The highest BCUT2D eigenvalue weighted by molar-refractivity contribution is 7.15. The summed E-state index contributed by atoms with van der Waals surface area (Å²) >= 11 is 1.56. The fraction of sp³-hybridized carbons (Fsp3) is 0.375. The van der Waals surface area contributed by atoms with Crippen molar-refractivity contribution in [3.63, 3.8) is 0 Å². The molecule has 1 aromatic heterocycles. The van der Waals surface area contributed by atoms with E-state index in [4.69, 9.17) is 0 Å². The topological polar surface area (TPSA) is 12.0 Å². The minimum atomic E-state index is -0.543. The molecule has 0 aliphatic rings. The van der Waals surface area contributed by atoms with Crippen molar-refractivity contribution in [1.29, 1.82) is 0 Å². The van der Waals surface area contributed by atoms with Crippen LogP contribution in [0.2, 0.25) is 0 Å². The second kappa shape index (κ2) is 6.95. The molecule has 1 heterocycles. The van der Waals surface area contributed by atoms with Gasteiger partial charge in [0, 0.05) is 27.4 Å². The summed E-state index contributed by atoms with van der Waals surface area (Å²) in [6.07, 6.45) is 2.08. The summed E-state index contributed by atoms with van der Waals surface area (Å²) in [5.74, 6) is -1.05. The van der Waals surface area contributed by atoms with Crippen LogP contribution in [0.15, 0.2) is 30.3 Å². The van der Waals surface area contributed by atoms with Crippen molar-refractivity contribution in [2.45, 2.75) is 32.7 Å². The Hall–Kier alpha value is -1.26. The van der Waals surface area contributed by atoms with Crippen LogP contribution in [0.1, 0.15) is 37.6 Å². The van der Waals surface area contributed by atoms with Crippen molar-refractivity contribution in [3.8, 4) is 10.4 Å². The van der Waals surface area contributed by atoms with Crippen LogP contribution < -0.4 is 5.32 Å². The number of rotatable bonds is 6. The molecule has 1 N–H and O–H groups in total. The van der Waals surface area contributed by atoms with E-state index >= 15 is 0 Å². The second-order valence-corrected chi connectivity index (χ2v) is 5.86. The molecule has 0 saturated carbocycles. The Morgan fingerprint density at radius 3 is 2.60 bits per heavy atom. The predicted octanol–water partition coefficient (Wildman–Crippen LogP) is 5.14. The van der Waals surface area contributed by atoms with Crippen LogP contribution in [-0.4, -0.2) is 6.54 Å². The zero-order valence-electron chi connectivity index (χ0n) is 11.7. The van der Waals surface area contributed by atoms with E-state index in [1.54, 1.807) is 11.3 Å². The third-order valence-corrected chi connectivity index (χ3v) is 4.45. The van der Waals surface area contributed by atoms with E-state index in [-0.39, 0.29) is 0 Å². The quantitative estimate of drug-likeness (QED) is 0.777. The Morgan fingerprint density at radius 2 is 1.95 bits per heavy atom. The van der Waals surface area contributed by atoms with Gasteiger partial charge in [0.05, 0.1) is 0 Å². The first-order valence-corrected chi connectivity index (χ1v) is 7.75. The number of benzene rings is 1. The first kappa shape index (κ1) is 15.1. The van der Waals surface area contributed by atoms with E-state index in [2.05, 4.69) is 19.2 Å². The Balaban J connectivity index is 2.23. The van der Waals surface area contributed by atoms with Gasteiger partial charge in [-0.05, 0) is 43.7 Å². The Morgan fingerprint density at radius 1 is 1.15 bits per heavy atom. The summed E-state index contributed by atoms with van der Waals surface area (Å²) in [6.45, 7) is 5.23. The van der Waals surface area contributed by atoms with Crippen LogP contribution in [0.5, 0.6) is 0 Å². The average molecular weight is 295 g/mol.